The van der Waals surface area contributed by atoms with Gasteiger partial charge >= 0.3 is 0 Å². The fourth-order valence-corrected chi connectivity index (χ4v) is 3.63. The van der Waals surface area contributed by atoms with Crippen molar-refractivity contribution in [3.05, 3.63) is 0 Å². The molecular weight excluding hydrogens is 194 g/mol. The van der Waals surface area contributed by atoms with Gasteiger partial charge in [0.15, 0.2) is 0 Å². The second kappa shape index (κ2) is 7.32. The summed E-state index contributed by atoms with van der Waals surface area (Å²) >= 11 is 0. The maximum Gasteiger partial charge on any atom is -0.00462 e. The summed E-state index contributed by atoms with van der Waals surface area (Å²) in [6, 6.07) is 0. The van der Waals surface area contributed by atoms with Gasteiger partial charge in [-0.15, -0.1) is 0 Å². The van der Waals surface area contributed by atoms with E-state index < -0.39 is 0 Å². The predicted molar refractivity (Wildman–Crippen MR) is 70.6 cm³/mol. The zero-order valence-corrected chi connectivity index (χ0v) is 10.8. The molecule has 0 spiro atoms. The monoisotopic (exact) mass is 223 g/mol. The molecule has 0 aromatic rings. The van der Waals surface area contributed by atoms with E-state index in [9.17, 15) is 0 Å². The molecule has 1 nitrogen and oxygen atoms in total. The molecule has 1 heteroatoms. The molecule has 0 aromatic heterocycles. The third-order valence-electron chi connectivity index (χ3n) is 4.70. The van der Waals surface area contributed by atoms with Gasteiger partial charge in [-0.05, 0) is 37.8 Å². The van der Waals surface area contributed by atoms with Crippen molar-refractivity contribution in [1.82, 2.24) is 5.32 Å². The van der Waals surface area contributed by atoms with Crippen LogP contribution in [0.2, 0.25) is 0 Å². The summed E-state index contributed by atoms with van der Waals surface area (Å²) in [5.74, 6) is 2.13. The predicted octanol–water partition coefficient (Wildman–Crippen LogP) is 4.13. The number of piperidine rings is 1. The highest BCUT2D eigenvalue weighted by Crippen LogP contribution is 2.32. The summed E-state index contributed by atoms with van der Waals surface area (Å²) < 4.78 is 0. The van der Waals surface area contributed by atoms with Crippen molar-refractivity contribution >= 4 is 0 Å². The van der Waals surface area contributed by atoms with Gasteiger partial charge in [-0.1, -0.05) is 57.8 Å². The van der Waals surface area contributed by atoms with E-state index in [0.717, 1.165) is 11.8 Å². The summed E-state index contributed by atoms with van der Waals surface area (Å²) in [7, 11) is 0. The quantitative estimate of drug-likeness (QED) is 0.705. The standard InChI is InChI=1S/C15H29N/c1-2-4-6-8-14(9-7-5-3-1)15-10-12-16-13-11-15/h14-16H,1-13H2. The number of hydrogen-bond acceptors (Lipinski definition) is 1. The van der Waals surface area contributed by atoms with E-state index >= 15 is 0 Å². The molecule has 0 unspecified atom stereocenters. The number of nitrogens with one attached hydrogen (secondary N) is 1. The summed E-state index contributed by atoms with van der Waals surface area (Å²) in [4.78, 5) is 0. The molecule has 2 rings (SSSR count). The maximum atomic E-state index is 3.50. The lowest BCUT2D eigenvalue weighted by molar-refractivity contribution is 0.221. The van der Waals surface area contributed by atoms with E-state index in [4.69, 9.17) is 0 Å². The zero-order chi connectivity index (χ0) is 11.1. The average molecular weight is 223 g/mol. The van der Waals surface area contributed by atoms with Crippen LogP contribution in [0.5, 0.6) is 0 Å². The first kappa shape index (κ1) is 12.4. The van der Waals surface area contributed by atoms with Crippen LogP contribution in [0.1, 0.15) is 70.6 Å². The fourth-order valence-electron chi connectivity index (χ4n) is 3.63. The highest BCUT2D eigenvalue weighted by Gasteiger charge is 2.22. The summed E-state index contributed by atoms with van der Waals surface area (Å²) in [5, 5.41) is 3.50. The lowest BCUT2D eigenvalue weighted by Gasteiger charge is -2.31. The smallest absolute Gasteiger partial charge is 0.00462 e. The van der Waals surface area contributed by atoms with Gasteiger partial charge in [0, 0.05) is 0 Å². The summed E-state index contributed by atoms with van der Waals surface area (Å²) in [5.41, 5.74) is 0. The maximum absolute atomic E-state index is 3.50. The van der Waals surface area contributed by atoms with Crippen molar-refractivity contribution in [2.75, 3.05) is 13.1 Å². The third-order valence-corrected chi connectivity index (χ3v) is 4.70. The van der Waals surface area contributed by atoms with E-state index in [-0.39, 0.29) is 0 Å². The van der Waals surface area contributed by atoms with Crippen molar-refractivity contribution in [3.63, 3.8) is 0 Å². The minimum Gasteiger partial charge on any atom is -0.317 e. The second-order valence-corrected chi connectivity index (χ2v) is 5.90. The van der Waals surface area contributed by atoms with Crippen LogP contribution in [-0.4, -0.2) is 13.1 Å². The normalized spacial score (nSPS) is 27.8. The molecular formula is C15H29N. The van der Waals surface area contributed by atoms with Crippen molar-refractivity contribution in [2.45, 2.75) is 70.6 Å². The Balaban J connectivity index is 1.78. The molecule has 16 heavy (non-hydrogen) atoms. The molecule has 0 bridgehead atoms. The Bertz CT molecular complexity index is 162. The molecule has 2 fully saturated rings. The van der Waals surface area contributed by atoms with Crippen LogP contribution in [0.3, 0.4) is 0 Å². The second-order valence-electron chi connectivity index (χ2n) is 5.90. The molecule has 1 aliphatic heterocycles. The van der Waals surface area contributed by atoms with Gasteiger partial charge in [0.05, 0.1) is 0 Å². The van der Waals surface area contributed by atoms with Gasteiger partial charge in [0.2, 0.25) is 0 Å². The van der Waals surface area contributed by atoms with Gasteiger partial charge in [0.25, 0.3) is 0 Å². The molecule has 1 saturated heterocycles. The highest BCUT2D eigenvalue weighted by molar-refractivity contribution is 4.76. The topological polar surface area (TPSA) is 12.0 Å². The van der Waals surface area contributed by atoms with Crippen molar-refractivity contribution in [1.29, 1.82) is 0 Å². The lowest BCUT2D eigenvalue weighted by Crippen LogP contribution is -2.31. The SMILES string of the molecule is C1CCCCC(C2CCNCC2)CCCC1. The van der Waals surface area contributed by atoms with Crippen LogP contribution in [0.4, 0.5) is 0 Å². The van der Waals surface area contributed by atoms with E-state index in [2.05, 4.69) is 5.32 Å². The average Bonchev–Trinajstić information content (AvgIpc) is 2.37. The first-order valence-electron chi connectivity index (χ1n) is 7.67. The van der Waals surface area contributed by atoms with Crippen LogP contribution in [0.15, 0.2) is 0 Å². The Morgan fingerprint density at radius 1 is 0.500 bits per heavy atom. The summed E-state index contributed by atoms with van der Waals surface area (Å²) in [6.45, 7) is 2.56. The molecule has 0 amide bonds. The third kappa shape index (κ3) is 4.08. The van der Waals surface area contributed by atoms with Gasteiger partial charge < -0.3 is 5.32 Å². The van der Waals surface area contributed by atoms with Crippen LogP contribution in [0, 0.1) is 11.8 Å². The Kier molecular flexibility index (Phi) is 5.68. The first-order chi connectivity index (χ1) is 7.97. The fraction of sp³-hybridized carbons (Fsp3) is 1.00. The highest BCUT2D eigenvalue weighted by atomic mass is 14.9. The van der Waals surface area contributed by atoms with E-state index in [0.29, 0.717) is 0 Å². The molecule has 1 heterocycles. The Morgan fingerprint density at radius 3 is 1.50 bits per heavy atom. The molecule has 2 aliphatic rings. The number of rotatable bonds is 1. The molecule has 1 aliphatic carbocycles. The van der Waals surface area contributed by atoms with E-state index in [1.807, 2.05) is 0 Å². The minimum absolute atomic E-state index is 1.06. The van der Waals surface area contributed by atoms with E-state index in [1.165, 1.54) is 83.7 Å². The number of hydrogen-bond donors (Lipinski definition) is 1. The van der Waals surface area contributed by atoms with Crippen LogP contribution in [0.25, 0.3) is 0 Å². The molecule has 1 saturated carbocycles. The Labute approximate surface area is 101 Å². The molecule has 0 radical (unpaired) electrons. The molecule has 0 atom stereocenters. The lowest BCUT2D eigenvalue weighted by atomic mass is 9.78. The molecule has 1 N–H and O–H groups in total. The molecule has 94 valence electrons. The van der Waals surface area contributed by atoms with Gasteiger partial charge in [-0.3, -0.25) is 0 Å². The van der Waals surface area contributed by atoms with Gasteiger partial charge in [-0.25, -0.2) is 0 Å². The van der Waals surface area contributed by atoms with E-state index in [1.54, 1.807) is 0 Å². The van der Waals surface area contributed by atoms with Crippen molar-refractivity contribution in [2.24, 2.45) is 11.8 Å². The zero-order valence-electron chi connectivity index (χ0n) is 10.8. The Morgan fingerprint density at radius 2 is 0.938 bits per heavy atom. The molecule has 0 aromatic carbocycles. The van der Waals surface area contributed by atoms with Crippen LogP contribution < -0.4 is 5.32 Å². The van der Waals surface area contributed by atoms with Crippen molar-refractivity contribution in [3.8, 4) is 0 Å². The largest absolute Gasteiger partial charge is 0.317 e. The van der Waals surface area contributed by atoms with Crippen LogP contribution >= 0.6 is 0 Å². The van der Waals surface area contributed by atoms with Gasteiger partial charge in [0.1, 0.15) is 0 Å². The van der Waals surface area contributed by atoms with Crippen molar-refractivity contribution < 1.29 is 0 Å². The first-order valence-corrected chi connectivity index (χ1v) is 7.67. The Hall–Kier alpha value is -0.0400. The van der Waals surface area contributed by atoms with Crippen LogP contribution in [-0.2, 0) is 0 Å². The summed E-state index contributed by atoms with van der Waals surface area (Å²) in [6.07, 6.45) is 16.5. The van der Waals surface area contributed by atoms with Gasteiger partial charge in [-0.2, -0.15) is 0 Å². The minimum atomic E-state index is 1.06.